The molecule has 3 aliphatic rings. The maximum Gasteiger partial charge on any atom is 0.301 e. The number of benzene rings is 1. The molecule has 0 bridgehead atoms. The lowest BCUT2D eigenvalue weighted by Crippen LogP contribution is -2.61. The molecule has 1 aromatic rings. The Morgan fingerprint density at radius 2 is 1.85 bits per heavy atom. The molecular formula is C17H22N7O2+. The van der Waals surface area contributed by atoms with Crippen LogP contribution in [-0.2, 0) is 0 Å². The molecule has 1 unspecified atom stereocenters. The second-order valence-electron chi connectivity index (χ2n) is 6.05. The van der Waals surface area contributed by atoms with Crippen LogP contribution in [0.15, 0.2) is 45.7 Å². The van der Waals surface area contributed by atoms with Crippen LogP contribution in [0.4, 0.5) is 5.69 Å². The maximum atomic E-state index is 5.32. The third-order valence-corrected chi connectivity index (χ3v) is 4.49. The summed E-state index contributed by atoms with van der Waals surface area (Å²) in [6.45, 7) is 3.59. The van der Waals surface area contributed by atoms with Crippen molar-refractivity contribution in [3.8, 4) is 11.5 Å². The first-order valence-corrected chi connectivity index (χ1v) is 8.49. The Bertz CT molecular complexity index is 789. The lowest BCUT2D eigenvalue weighted by atomic mass is 10.3. The van der Waals surface area contributed by atoms with Gasteiger partial charge in [-0.1, -0.05) is 0 Å². The van der Waals surface area contributed by atoms with Crippen LogP contribution in [-0.4, -0.2) is 68.1 Å². The average molecular weight is 356 g/mol. The molecular weight excluding hydrogens is 334 g/mol. The van der Waals surface area contributed by atoms with E-state index in [1.54, 1.807) is 26.6 Å². The number of fused-ring (bicyclic) bond motifs is 1. The van der Waals surface area contributed by atoms with Crippen LogP contribution >= 0.6 is 0 Å². The first-order valence-electron chi connectivity index (χ1n) is 8.49. The van der Waals surface area contributed by atoms with Gasteiger partial charge in [-0.05, 0) is 9.80 Å². The summed E-state index contributed by atoms with van der Waals surface area (Å²) in [5.74, 6) is 2.69. The highest BCUT2D eigenvalue weighted by atomic mass is 16.5. The van der Waals surface area contributed by atoms with Crippen LogP contribution in [0.25, 0.3) is 0 Å². The Kier molecular flexibility index (Phi) is 4.41. The third kappa shape index (κ3) is 2.96. The van der Waals surface area contributed by atoms with Gasteiger partial charge < -0.3 is 20.1 Å². The summed E-state index contributed by atoms with van der Waals surface area (Å²) in [4.78, 5) is 8.87. The van der Waals surface area contributed by atoms with Crippen molar-refractivity contribution in [2.24, 2.45) is 15.1 Å². The van der Waals surface area contributed by atoms with Gasteiger partial charge in [0.25, 0.3) is 5.96 Å². The molecule has 1 fully saturated rings. The quantitative estimate of drug-likeness (QED) is 0.786. The fourth-order valence-corrected chi connectivity index (χ4v) is 3.19. The molecule has 0 aromatic heterocycles. The number of nitrogens with one attached hydrogen (secondary N) is 2. The number of anilines is 1. The minimum atomic E-state index is 0.217. The highest BCUT2D eigenvalue weighted by Gasteiger charge is 2.46. The molecule has 136 valence electrons. The summed E-state index contributed by atoms with van der Waals surface area (Å²) in [7, 11) is 3.25. The second kappa shape index (κ2) is 6.87. The topological polar surface area (TPSA) is 82.8 Å². The zero-order valence-electron chi connectivity index (χ0n) is 14.8. The van der Waals surface area contributed by atoms with Crippen molar-refractivity contribution in [2.45, 2.75) is 0 Å². The van der Waals surface area contributed by atoms with E-state index in [9.17, 15) is 0 Å². The van der Waals surface area contributed by atoms with E-state index in [0.717, 1.165) is 37.7 Å². The van der Waals surface area contributed by atoms with Gasteiger partial charge in [0.1, 0.15) is 17.7 Å². The molecule has 2 N–H and O–H groups in total. The molecule has 0 radical (unpaired) electrons. The molecule has 1 atom stereocenters. The Morgan fingerprint density at radius 1 is 1.12 bits per heavy atom. The summed E-state index contributed by atoms with van der Waals surface area (Å²) < 4.78 is 10.9. The van der Waals surface area contributed by atoms with Crippen LogP contribution < -0.4 is 20.1 Å². The van der Waals surface area contributed by atoms with Gasteiger partial charge >= 0.3 is 5.84 Å². The third-order valence-electron chi connectivity index (χ3n) is 4.49. The number of quaternary nitrogens is 1. The van der Waals surface area contributed by atoms with Crippen molar-refractivity contribution >= 4 is 23.7 Å². The first kappa shape index (κ1) is 16.7. The molecule has 4 rings (SSSR count). The minimum Gasteiger partial charge on any atom is -0.497 e. The number of piperazine rings is 1. The van der Waals surface area contributed by atoms with Crippen LogP contribution in [0.3, 0.4) is 0 Å². The zero-order chi connectivity index (χ0) is 18.0. The van der Waals surface area contributed by atoms with Crippen molar-refractivity contribution in [3.05, 3.63) is 30.6 Å². The maximum absolute atomic E-state index is 5.32. The van der Waals surface area contributed by atoms with Gasteiger partial charge in [0.2, 0.25) is 0 Å². The first-order chi connectivity index (χ1) is 12.7. The molecule has 1 saturated heterocycles. The summed E-state index contributed by atoms with van der Waals surface area (Å²) in [6.07, 6.45) is 5.47. The molecule has 0 saturated carbocycles. The van der Waals surface area contributed by atoms with Crippen molar-refractivity contribution in [1.82, 2.24) is 10.3 Å². The van der Waals surface area contributed by atoms with Crippen molar-refractivity contribution in [2.75, 3.05) is 45.7 Å². The average Bonchev–Trinajstić information content (AvgIpc) is 3.07. The Hall–Kier alpha value is -2.75. The molecule has 1 aromatic carbocycles. The second-order valence-corrected chi connectivity index (χ2v) is 6.05. The zero-order valence-corrected chi connectivity index (χ0v) is 14.8. The van der Waals surface area contributed by atoms with E-state index in [1.165, 1.54) is 0 Å². The number of methoxy groups -OCH3 is 2. The van der Waals surface area contributed by atoms with E-state index in [4.69, 9.17) is 14.6 Å². The molecule has 3 aliphatic heterocycles. The van der Waals surface area contributed by atoms with Crippen LogP contribution in [0.1, 0.15) is 0 Å². The number of aliphatic imine (C=N–C) groups is 2. The predicted molar refractivity (Wildman–Crippen MR) is 100 cm³/mol. The monoisotopic (exact) mass is 356 g/mol. The largest absolute Gasteiger partial charge is 0.497 e. The number of amidine groups is 1. The van der Waals surface area contributed by atoms with E-state index < -0.39 is 0 Å². The molecule has 26 heavy (non-hydrogen) atoms. The fourth-order valence-electron chi connectivity index (χ4n) is 3.19. The fraction of sp³-hybridized carbons (Fsp3) is 0.353. The number of ether oxygens (including phenoxy) is 2. The van der Waals surface area contributed by atoms with Gasteiger partial charge in [0.15, 0.2) is 6.20 Å². The Morgan fingerprint density at radius 3 is 2.54 bits per heavy atom. The van der Waals surface area contributed by atoms with Gasteiger partial charge in [-0.15, -0.1) is 10.0 Å². The summed E-state index contributed by atoms with van der Waals surface area (Å²) in [5, 5.41) is 13.7. The SMILES string of the molecule is COc1cc(NC2=N[N+]3(N4CCNCC4)C=CN=CC3=N2)cc(OC)c1. The van der Waals surface area contributed by atoms with E-state index in [1.807, 2.05) is 24.4 Å². The van der Waals surface area contributed by atoms with E-state index in [-0.39, 0.29) is 4.70 Å². The van der Waals surface area contributed by atoms with E-state index >= 15 is 0 Å². The Labute approximate surface area is 151 Å². The number of hydrogen-bond acceptors (Lipinski definition) is 8. The smallest absolute Gasteiger partial charge is 0.301 e. The van der Waals surface area contributed by atoms with E-state index in [2.05, 4.69) is 25.6 Å². The molecule has 0 amide bonds. The number of rotatable bonds is 4. The lowest BCUT2D eigenvalue weighted by molar-refractivity contribution is -0.918. The molecule has 0 aliphatic carbocycles. The van der Waals surface area contributed by atoms with Gasteiger partial charge in [-0.25, -0.2) is 0 Å². The van der Waals surface area contributed by atoms with Crippen LogP contribution in [0.5, 0.6) is 11.5 Å². The number of hydrogen-bond donors (Lipinski definition) is 2. The summed E-state index contributed by atoms with van der Waals surface area (Å²) in [6, 6.07) is 5.57. The van der Waals surface area contributed by atoms with Gasteiger partial charge in [0.05, 0.1) is 33.5 Å². The van der Waals surface area contributed by atoms with Crippen molar-refractivity contribution < 1.29 is 14.2 Å². The summed E-state index contributed by atoms with van der Waals surface area (Å²) in [5.41, 5.74) is 0.795. The van der Waals surface area contributed by atoms with Gasteiger partial charge in [0, 0.05) is 37.0 Å². The van der Waals surface area contributed by atoms with Crippen LogP contribution in [0, 0.1) is 0 Å². The minimum absolute atomic E-state index is 0.217. The van der Waals surface area contributed by atoms with Crippen LogP contribution in [0.2, 0.25) is 0 Å². The highest BCUT2D eigenvalue weighted by Crippen LogP contribution is 2.28. The highest BCUT2D eigenvalue weighted by molar-refractivity contribution is 6.30. The number of guanidine groups is 1. The standard InChI is InChI=1S/C17H22N7O2/c1-25-14-9-13(10-15(11-14)26-2)20-17-21-16-12-19-5-8-24(16,22-17)23-6-3-18-4-7-23/h5,8-12,18H,3-4,6-7H2,1-2H3,(H,20,22)/q+1. The molecule has 3 heterocycles. The van der Waals surface area contributed by atoms with Crippen molar-refractivity contribution in [1.29, 1.82) is 0 Å². The predicted octanol–water partition coefficient (Wildman–Crippen LogP) is 0.991. The molecule has 9 heteroatoms. The normalized spacial score (nSPS) is 24.7. The Balaban J connectivity index is 1.64. The van der Waals surface area contributed by atoms with E-state index in [0.29, 0.717) is 17.5 Å². The van der Waals surface area contributed by atoms with Gasteiger partial charge in [-0.2, -0.15) is 0 Å². The van der Waals surface area contributed by atoms with Gasteiger partial charge in [-0.3, -0.25) is 4.99 Å². The molecule has 9 nitrogen and oxygen atoms in total. The summed E-state index contributed by atoms with van der Waals surface area (Å²) >= 11 is 0. The molecule has 0 spiro atoms. The lowest BCUT2D eigenvalue weighted by Gasteiger charge is -2.36. The number of nitrogens with zero attached hydrogens (tertiary/aromatic N) is 5. The van der Waals surface area contributed by atoms with Crippen molar-refractivity contribution in [3.63, 3.8) is 0 Å².